The van der Waals surface area contributed by atoms with E-state index in [1.807, 2.05) is 42.6 Å². The first-order chi connectivity index (χ1) is 19.1. The van der Waals surface area contributed by atoms with E-state index in [-0.39, 0.29) is 17.7 Å². The standard InChI is InChI=1S/C31H42N4O4S/c1-21(2)35-20-23-14-15-40(38,39)34(3)27-17-24(18-28(35)30(23)27)31(37)33-26(16-22-10-6-4-7-11-22)29(36)19-32-25-12-8-5-9-13-25/h4,6-7,10-11,17-18,20-21,25-26,29,32,36H,5,8-9,12-16,19H2,1-3H3,(H,33,37)/t26-,29+/m0/s1. The number of sulfonamides is 1. The average Bonchev–Trinajstić information content (AvgIpc) is 3.29. The number of amides is 1. The Kier molecular flexibility index (Phi) is 8.54. The SMILES string of the molecule is CC(C)n1cc2c3c(cc(C(=O)N[C@@H](Cc4ccccc4)[C@H](O)CNC4CCCCC4)cc31)N(C)S(=O)(=O)CC2. The van der Waals surface area contributed by atoms with Crippen LogP contribution in [0.3, 0.4) is 0 Å². The second kappa shape index (κ2) is 11.9. The maximum absolute atomic E-state index is 13.8. The number of anilines is 1. The lowest BCUT2D eigenvalue weighted by Crippen LogP contribution is -2.50. The molecule has 1 aromatic heterocycles. The first-order valence-corrected chi connectivity index (χ1v) is 16.1. The number of aryl methyl sites for hydroxylation is 1. The van der Waals surface area contributed by atoms with Crippen LogP contribution in [0.1, 0.15) is 73.5 Å². The molecule has 3 N–H and O–H groups in total. The lowest BCUT2D eigenvalue weighted by molar-refractivity contribution is 0.0821. The number of aliphatic hydroxyl groups excluding tert-OH is 1. The Balaban J connectivity index is 1.45. The van der Waals surface area contributed by atoms with E-state index in [4.69, 9.17) is 0 Å². The molecule has 1 saturated carbocycles. The minimum atomic E-state index is -3.51. The monoisotopic (exact) mass is 566 g/mol. The van der Waals surface area contributed by atoms with Crippen LogP contribution in [0.5, 0.6) is 0 Å². The highest BCUT2D eigenvalue weighted by Crippen LogP contribution is 2.38. The number of aliphatic hydroxyl groups is 1. The van der Waals surface area contributed by atoms with Crippen molar-refractivity contribution in [2.45, 2.75) is 83.0 Å². The van der Waals surface area contributed by atoms with Crippen LogP contribution in [0.2, 0.25) is 0 Å². The fourth-order valence-electron chi connectivity index (χ4n) is 6.11. The van der Waals surface area contributed by atoms with E-state index in [1.165, 1.54) is 23.6 Å². The second-order valence-electron chi connectivity index (χ2n) is 11.7. The molecule has 1 fully saturated rings. The molecule has 2 atom stereocenters. The lowest BCUT2D eigenvalue weighted by atomic mass is 9.94. The number of aromatic nitrogens is 1. The van der Waals surface area contributed by atoms with Gasteiger partial charge in [-0.25, -0.2) is 8.42 Å². The quantitative estimate of drug-likeness (QED) is 0.361. The van der Waals surface area contributed by atoms with Crippen molar-refractivity contribution in [1.82, 2.24) is 15.2 Å². The molecule has 216 valence electrons. The van der Waals surface area contributed by atoms with Crippen molar-refractivity contribution in [2.75, 3.05) is 23.7 Å². The molecule has 2 aromatic carbocycles. The van der Waals surface area contributed by atoms with E-state index in [1.54, 1.807) is 13.1 Å². The average molecular weight is 567 g/mol. The molecule has 2 heterocycles. The molecule has 5 rings (SSSR count). The Morgan fingerprint density at radius 1 is 1.10 bits per heavy atom. The van der Waals surface area contributed by atoms with Crippen molar-refractivity contribution in [3.05, 3.63) is 65.4 Å². The maximum Gasteiger partial charge on any atom is 0.251 e. The molecule has 1 aliphatic carbocycles. The van der Waals surface area contributed by atoms with Crippen molar-refractivity contribution in [2.24, 2.45) is 0 Å². The van der Waals surface area contributed by atoms with Gasteiger partial charge in [0.1, 0.15) is 0 Å². The third-order valence-electron chi connectivity index (χ3n) is 8.50. The summed E-state index contributed by atoms with van der Waals surface area (Å²) in [6.07, 6.45) is 8.03. The van der Waals surface area contributed by atoms with Gasteiger partial charge in [0.05, 0.1) is 29.1 Å². The first kappa shape index (κ1) is 28.6. The highest BCUT2D eigenvalue weighted by Gasteiger charge is 2.30. The predicted octanol–water partition coefficient (Wildman–Crippen LogP) is 4.17. The van der Waals surface area contributed by atoms with Gasteiger partial charge in [-0.05, 0) is 62.8 Å². The highest BCUT2D eigenvalue weighted by molar-refractivity contribution is 7.92. The molecular weight excluding hydrogens is 524 g/mol. The summed E-state index contributed by atoms with van der Waals surface area (Å²) < 4.78 is 29.3. The van der Waals surface area contributed by atoms with Gasteiger partial charge >= 0.3 is 0 Å². The third-order valence-corrected chi connectivity index (χ3v) is 10.2. The Morgan fingerprint density at radius 2 is 1.82 bits per heavy atom. The molecular formula is C31H42N4O4S. The van der Waals surface area contributed by atoms with Crippen molar-refractivity contribution in [3.63, 3.8) is 0 Å². The van der Waals surface area contributed by atoms with Crippen LogP contribution in [-0.4, -0.2) is 61.5 Å². The fraction of sp³-hybridized carbons (Fsp3) is 0.516. The molecule has 1 aliphatic heterocycles. The zero-order chi connectivity index (χ0) is 28.4. The van der Waals surface area contributed by atoms with Crippen LogP contribution >= 0.6 is 0 Å². The summed E-state index contributed by atoms with van der Waals surface area (Å²) in [4.78, 5) is 13.8. The molecule has 0 spiro atoms. The minimum absolute atomic E-state index is 0.0241. The number of carbonyl (C=O) groups excluding carboxylic acids is 1. The smallest absolute Gasteiger partial charge is 0.251 e. The Hall–Kier alpha value is -2.88. The van der Waals surface area contributed by atoms with Crippen LogP contribution in [0.4, 0.5) is 5.69 Å². The van der Waals surface area contributed by atoms with Gasteiger partial charge in [-0.2, -0.15) is 0 Å². The lowest BCUT2D eigenvalue weighted by Gasteiger charge is -2.28. The Bertz CT molecular complexity index is 1440. The Labute approximate surface area is 237 Å². The molecule has 3 aromatic rings. The van der Waals surface area contributed by atoms with Crippen molar-refractivity contribution >= 4 is 32.5 Å². The highest BCUT2D eigenvalue weighted by atomic mass is 32.2. The van der Waals surface area contributed by atoms with Crippen LogP contribution in [0, 0.1) is 0 Å². The molecule has 40 heavy (non-hydrogen) atoms. The maximum atomic E-state index is 13.8. The van der Waals surface area contributed by atoms with Gasteiger partial charge < -0.3 is 20.3 Å². The van der Waals surface area contributed by atoms with E-state index in [0.29, 0.717) is 36.7 Å². The second-order valence-corrected chi connectivity index (χ2v) is 13.8. The van der Waals surface area contributed by atoms with Gasteiger partial charge in [0.15, 0.2) is 0 Å². The van der Waals surface area contributed by atoms with E-state index in [2.05, 4.69) is 29.0 Å². The summed E-state index contributed by atoms with van der Waals surface area (Å²) in [5, 5.41) is 18.8. The predicted molar refractivity (Wildman–Crippen MR) is 160 cm³/mol. The van der Waals surface area contributed by atoms with Gasteiger partial charge in [0.25, 0.3) is 5.91 Å². The van der Waals surface area contributed by atoms with Crippen molar-refractivity contribution < 1.29 is 18.3 Å². The molecule has 2 aliphatic rings. The van der Waals surface area contributed by atoms with Crippen LogP contribution < -0.4 is 14.9 Å². The molecule has 0 bridgehead atoms. The summed E-state index contributed by atoms with van der Waals surface area (Å²) in [5.41, 5.74) is 3.74. The molecule has 0 saturated heterocycles. The van der Waals surface area contributed by atoms with Gasteiger partial charge in [0, 0.05) is 42.8 Å². The topological polar surface area (TPSA) is 104 Å². The molecule has 0 unspecified atom stereocenters. The normalized spacial score (nSPS) is 19.0. The van der Waals surface area contributed by atoms with Crippen LogP contribution in [0.25, 0.3) is 10.9 Å². The summed E-state index contributed by atoms with van der Waals surface area (Å²) in [6, 6.07) is 13.4. The zero-order valence-corrected chi connectivity index (χ0v) is 24.6. The van der Waals surface area contributed by atoms with E-state index < -0.39 is 22.2 Å². The minimum Gasteiger partial charge on any atom is -0.390 e. The molecule has 9 heteroatoms. The number of carbonyl (C=O) groups is 1. The fourth-order valence-corrected chi connectivity index (χ4v) is 7.30. The van der Waals surface area contributed by atoms with Gasteiger partial charge in [-0.3, -0.25) is 9.10 Å². The molecule has 1 amide bonds. The molecule has 8 nitrogen and oxygen atoms in total. The summed E-state index contributed by atoms with van der Waals surface area (Å²) in [5.74, 6) is -0.306. The Morgan fingerprint density at radius 3 is 2.52 bits per heavy atom. The molecule has 0 radical (unpaired) electrons. The van der Waals surface area contributed by atoms with Crippen LogP contribution in [0.15, 0.2) is 48.7 Å². The van der Waals surface area contributed by atoms with Gasteiger partial charge in [-0.1, -0.05) is 49.6 Å². The van der Waals surface area contributed by atoms with Gasteiger partial charge in [0.2, 0.25) is 10.0 Å². The van der Waals surface area contributed by atoms with Gasteiger partial charge in [-0.15, -0.1) is 0 Å². The number of hydrogen-bond donors (Lipinski definition) is 3. The van der Waals surface area contributed by atoms with E-state index >= 15 is 0 Å². The van der Waals surface area contributed by atoms with Crippen LogP contribution in [-0.2, 0) is 22.9 Å². The number of rotatable bonds is 9. The number of nitrogens with one attached hydrogen (secondary N) is 2. The van der Waals surface area contributed by atoms with Crippen molar-refractivity contribution in [3.8, 4) is 0 Å². The number of hydrogen-bond acceptors (Lipinski definition) is 5. The van der Waals surface area contributed by atoms with E-state index in [0.717, 1.165) is 34.9 Å². The summed E-state index contributed by atoms with van der Waals surface area (Å²) >= 11 is 0. The number of nitrogens with zero attached hydrogens (tertiary/aromatic N) is 2. The summed E-state index contributed by atoms with van der Waals surface area (Å²) in [7, 11) is -1.95. The first-order valence-electron chi connectivity index (χ1n) is 14.5. The van der Waals surface area contributed by atoms with Crippen molar-refractivity contribution in [1.29, 1.82) is 0 Å². The summed E-state index contributed by atoms with van der Waals surface area (Å²) in [6.45, 7) is 4.55. The zero-order valence-electron chi connectivity index (χ0n) is 23.8. The largest absolute Gasteiger partial charge is 0.390 e. The van der Waals surface area contributed by atoms with E-state index in [9.17, 15) is 18.3 Å². The number of benzene rings is 2. The third kappa shape index (κ3) is 6.06.